The predicted molar refractivity (Wildman–Crippen MR) is 87.6 cm³/mol. The molecule has 0 aromatic carbocycles. The maximum atomic E-state index is 12.4. The average Bonchev–Trinajstić information content (AvgIpc) is 2.85. The number of carbonyl (C=O) groups is 3. The summed E-state index contributed by atoms with van der Waals surface area (Å²) >= 11 is 0. The number of amides is 3. The molecule has 1 aromatic heterocycles. The number of likely N-dealkylation sites (tertiary alicyclic amines) is 1. The van der Waals surface area contributed by atoms with E-state index in [1.807, 2.05) is 19.1 Å². The molecule has 1 aromatic rings. The first-order valence-electron chi connectivity index (χ1n) is 8.62. The number of hydrogen-bond acceptors (Lipinski definition) is 4. The van der Waals surface area contributed by atoms with E-state index >= 15 is 0 Å². The molecule has 0 bridgehead atoms. The molecule has 1 aliphatic carbocycles. The van der Waals surface area contributed by atoms with E-state index in [1.54, 1.807) is 12.4 Å². The highest BCUT2D eigenvalue weighted by Gasteiger charge is 2.47. The molecule has 128 valence electrons. The van der Waals surface area contributed by atoms with Gasteiger partial charge in [0, 0.05) is 25.4 Å². The van der Waals surface area contributed by atoms with Gasteiger partial charge in [-0.3, -0.25) is 24.3 Å². The Labute approximate surface area is 141 Å². The van der Waals surface area contributed by atoms with Crippen molar-refractivity contribution in [2.45, 2.75) is 45.1 Å². The fourth-order valence-corrected chi connectivity index (χ4v) is 3.69. The minimum atomic E-state index is -0.165. The summed E-state index contributed by atoms with van der Waals surface area (Å²) in [4.78, 5) is 42.2. The smallest absolute Gasteiger partial charge is 0.233 e. The number of rotatable bonds is 5. The van der Waals surface area contributed by atoms with Gasteiger partial charge >= 0.3 is 0 Å². The Morgan fingerprint density at radius 2 is 1.96 bits per heavy atom. The van der Waals surface area contributed by atoms with Crippen LogP contribution in [-0.4, -0.2) is 34.2 Å². The van der Waals surface area contributed by atoms with Crippen molar-refractivity contribution in [1.29, 1.82) is 0 Å². The van der Waals surface area contributed by atoms with Gasteiger partial charge in [-0.1, -0.05) is 18.9 Å². The third kappa shape index (κ3) is 3.32. The number of aromatic nitrogens is 1. The number of imide groups is 1. The number of nitrogens with one attached hydrogen (secondary N) is 1. The molecule has 1 N–H and O–H groups in total. The van der Waals surface area contributed by atoms with Gasteiger partial charge < -0.3 is 5.32 Å². The molecule has 1 saturated carbocycles. The Morgan fingerprint density at radius 1 is 1.29 bits per heavy atom. The van der Waals surface area contributed by atoms with E-state index in [1.165, 1.54) is 4.90 Å². The summed E-state index contributed by atoms with van der Waals surface area (Å²) in [5.41, 5.74) is 0.921. The van der Waals surface area contributed by atoms with Gasteiger partial charge in [0.1, 0.15) is 0 Å². The second kappa shape index (κ2) is 7.11. The summed E-state index contributed by atoms with van der Waals surface area (Å²) in [6.07, 6.45) is 7.16. The van der Waals surface area contributed by atoms with E-state index < -0.39 is 0 Å². The van der Waals surface area contributed by atoms with Crippen LogP contribution in [0.4, 0.5) is 0 Å². The molecular formula is C18H23N3O3. The molecule has 1 saturated heterocycles. The molecule has 3 unspecified atom stereocenters. The number of hydrogen-bond donors (Lipinski definition) is 1. The maximum absolute atomic E-state index is 12.4. The highest BCUT2D eigenvalue weighted by atomic mass is 16.2. The van der Waals surface area contributed by atoms with Crippen molar-refractivity contribution in [2.24, 2.45) is 11.8 Å². The van der Waals surface area contributed by atoms with Crippen LogP contribution in [0.15, 0.2) is 24.5 Å². The quantitative estimate of drug-likeness (QED) is 0.836. The summed E-state index contributed by atoms with van der Waals surface area (Å²) in [6, 6.07) is 3.57. The first kappa shape index (κ1) is 16.6. The third-order valence-corrected chi connectivity index (χ3v) is 5.06. The minimum Gasteiger partial charge on any atom is -0.349 e. The van der Waals surface area contributed by atoms with Crippen molar-refractivity contribution in [2.75, 3.05) is 6.54 Å². The van der Waals surface area contributed by atoms with Gasteiger partial charge in [-0.2, -0.15) is 0 Å². The van der Waals surface area contributed by atoms with Crippen LogP contribution >= 0.6 is 0 Å². The molecule has 3 atom stereocenters. The molecule has 3 rings (SSSR count). The van der Waals surface area contributed by atoms with Crippen LogP contribution in [0, 0.1) is 11.8 Å². The van der Waals surface area contributed by atoms with E-state index in [-0.39, 0.29) is 48.6 Å². The Hall–Kier alpha value is -2.24. The summed E-state index contributed by atoms with van der Waals surface area (Å²) in [5, 5.41) is 2.88. The topological polar surface area (TPSA) is 79.4 Å². The lowest BCUT2D eigenvalue weighted by Crippen LogP contribution is -2.36. The molecular weight excluding hydrogens is 306 g/mol. The van der Waals surface area contributed by atoms with Gasteiger partial charge in [-0.05, 0) is 31.4 Å². The van der Waals surface area contributed by atoms with E-state index in [0.29, 0.717) is 0 Å². The molecule has 24 heavy (non-hydrogen) atoms. The van der Waals surface area contributed by atoms with Gasteiger partial charge in [0.2, 0.25) is 17.7 Å². The fourth-order valence-electron chi connectivity index (χ4n) is 3.69. The highest BCUT2D eigenvalue weighted by Crippen LogP contribution is 2.37. The Balaban J connectivity index is 1.53. The number of nitrogens with zero attached hydrogens (tertiary/aromatic N) is 2. The summed E-state index contributed by atoms with van der Waals surface area (Å²) in [5.74, 6) is -0.635. The Kier molecular flexibility index (Phi) is 4.92. The van der Waals surface area contributed by atoms with Crippen molar-refractivity contribution in [1.82, 2.24) is 15.2 Å². The van der Waals surface area contributed by atoms with E-state index in [4.69, 9.17) is 0 Å². The average molecular weight is 329 g/mol. The Bertz CT molecular complexity index is 608. The molecule has 2 aliphatic rings. The van der Waals surface area contributed by atoms with Crippen molar-refractivity contribution in [3.63, 3.8) is 0 Å². The van der Waals surface area contributed by atoms with Crippen molar-refractivity contribution >= 4 is 17.7 Å². The van der Waals surface area contributed by atoms with Gasteiger partial charge in [0.25, 0.3) is 0 Å². The van der Waals surface area contributed by atoms with Crippen molar-refractivity contribution in [3.05, 3.63) is 30.1 Å². The predicted octanol–water partition coefficient (Wildman–Crippen LogP) is 1.82. The van der Waals surface area contributed by atoms with Crippen LogP contribution in [0.2, 0.25) is 0 Å². The monoisotopic (exact) mass is 329 g/mol. The maximum Gasteiger partial charge on any atom is 0.233 e. The SMILES string of the molecule is CC(NC(=O)CCN1C(=O)C2CCCCC2C1=O)c1cccnc1. The molecule has 2 heterocycles. The number of pyridine rings is 1. The third-order valence-electron chi connectivity index (χ3n) is 5.06. The summed E-state index contributed by atoms with van der Waals surface area (Å²) in [7, 11) is 0. The second-order valence-electron chi connectivity index (χ2n) is 6.65. The molecule has 6 nitrogen and oxygen atoms in total. The zero-order chi connectivity index (χ0) is 17.1. The Morgan fingerprint density at radius 3 is 2.54 bits per heavy atom. The van der Waals surface area contributed by atoms with Gasteiger partial charge in [0.15, 0.2) is 0 Å². The molecule has 2 fully saturated rings. The standard InChI is InChI=1S/C18H23N3O3/c1-12(13-5-4-9-19-11-13)20-16(22)8-10-21-17(23)14-6-2-3-7-15(14)18(21)24/h4-5,9,11-12,14-15H,2-3,6-8,10H2,1H3,(H,20,22). The zero-order valence-corrected chi connectivity index (χ0v) is 13.9. The van der Waals surface area contributed by atoms with Crippen molar-refractivity contribution in [3.8, 4) is 0 Å². The van der Waals surface area contributed by atoms with Crippen LogP contribution in [0.3, 0.4) is 0 Å². The van der Waals surface area contributed by atoms with E-state index in [9.17, 15) is 14.4 Å². The molecule has 1 aliphatic heterocycles. The van der Waals surface area contributed by atoms with Crippen LogP contribution in [0.25, 0.3) is 0 Å². The van der Waals surface area contributed by atoms with Crippen LogP contribution in [0.1, 0.15) is 50.6 Å². The first-order chi connectivity index (χ1) is 11.6. The largest absolute Gasteiger partial charge is 0.349 e. The normalized spacial score (nSPS) is 24.6. The molecule has 0 spiro atoms. The zero-order valence-electron chi connectivity index (χ0n) is 13.9. The number of fused-ring (bicyclic) bond motifs is 1. The van der Waals surface area contributed by atoms with E-state index in [0.717, 1.165) is 31.2 Å². The number of carbonyl (C=O) groups excluding carboxylic acids is 3. The lowest BCUT2D eigenvalue weighted by atomic mass is 9.81. The highest BCUT2D eigenvalue weighted by molar-refractivity contribution is 6.05. The molecule has 3 amide bonds. The second-order valence-corrected chi connectivity index (χ2v) is 6.65. The molecule has 0 radical (unpaired) electrons. The summed E-state index contributed by atoms with van der Waals surface area (Å²) in [6.45, 7) is 2.06. The van der Waals surface area contributed by atoms with Gasteiger partial charge in [-0.25, -0.2) is 0 Å². The van der Waals surface area contributed by atoms with Crippen LogP contribution < -0.4 is 5.32 Å². The first-order valence-corrected chi connectivity index (χ1v) is 8.62. The summed E-state index contributed by atoms with van der Waals surface area (Å²) < 4.78 is 0. The lowest BCUT2D eigenvalue weighted by Gasteiger charge is -2.19. The van der Waals surface area contributed by atoms with Crippen LogP contribution in [-0.2, 0) is 14.4 Å². The van der Waals surface area contributed by atoms with Crippen LogP contribution in [0.5, 0.6) is 0 Å². The van der Waals surface area contributed by atoms with Gasteiger partial charge in [0.05, 0.1) is 17.9 Å². The van der Waals surface area contributed by atoms with Crippen molar-refractivity contribution < 1.29 is 14.4 Å². The minimum absolute atomic E-state index is 0.0854. The molecule has 6 heteroatoms. The lowest BCUT2D eigenvalue weighted by molar-refractivity contribution is -0.140. The van der Waals surface area contributed by atoms with E-state index in [2.05, 4.69) is 10.3 Å². The van der Waals surface area contributed by atoms with Gasteiger partial charge in [-0.15, -0.1) is 0 Å². The fraction of sp³-hybridized carbons (Fsp3) is 0.556.